The maximum Gasteiger partial charge on any atom is 0.232 e. The largest absolute Gasteiger partial charge is 0.486 e. The van der Waals surface area contributed by atoms with Crippen molar-refractivity contribution in [2.75, 3.05) is 29.6 Å². The molecule has 106 valence electrons. The minimum absolute atomic E-state index is 0.0637. The molecule has 0 radical (unpaired) electrons. The molecule has 0 bridgehead atoms. The summed E-state index contributed by atoms with van der Waals surface area (Å²) in [6.45, 7) is 0.982. The normalized spacial score (nSPS) is 14.2. The van der Waals surface area contributed by atoms with Crippen molar-refractivity contribution in [3.05, 3.63) is 18.2 Å². The molecule has 0 aromatic heterocycles. The molecule has 1 aromatic carbocycles. The SMILES string of the molecule is O=S(=O)(CCCCCl)Nc1ccc2c(c1)OCCO2. The van der Waals surface area contributed by atoms with Crippen molar-refractivity contribution >= 4 is 27.3 Å². The number of hydrogen-bond acceptors (Lipinski definition) is 4. The Morgan fingerprint density at radius 2 is 1.89 bits per heavy atom. The van der Waals surface area contributed by atoms with E-state index < -0.39 is 10.0 Å². The van der Waals surface area contributed by atoms with Crippen LogP contribution >= 0.6 is 11.6 Å². The molecule has 0 saturated carbocycles. The number of nitrogens with one attached hydrogen (secondary N) is 1. The lowest BCUT2D eigenvalue weighted by Crippen LogP contribution is -2.18. The van der Waals surface area contributed by atoms with E-state index in [1.807, 2.05) is 0 Å². The van der Waals surface area contributed by atoms with Gasteiger partial charge in [0.15, 0.2) is 11.5 Å². The van der Waals surface area contributed by atoms with E-state index in [4.69, 9.17) is 21.1 Å². The molecule has 0 unspecified atom stereocenters. The summed E-state index contributed by atoms with van der Waals surface area (Å²) in [5.74, 6) is 1.73. The van der Waals surface area contributed by atoms with E-state index in [9.17, 15) is 8.42 Å². The average Bonchev–Trinajstić information content (AvgIpc) is 2.38. The Balaban J connectivity index is 2.02. The highest BCUT2D eigenvalue weighted by molar-refractivity contribution is 7.92. The molecular weight excluding hydrogens is 290 g/mol. The highest BCUT2D eigenvalue weighted by Gasteiger charge is 2.15. The predicted molar refractivity (Wildman–Crippen MR) is 74.8 cm³/mol. The number of anilines is 1. The molecule has 1 aliphatic heterocycles. The fourth-order valence-electron chi connectivity index (χ4n) is 1.72. The van der Waals surface area contributed by atoms with E-state index in [1.54, 1.807) is 18.2 Å². The number of ether oxygens (including phenoxy) is 2. The van der Waals surface area contributed by atoms with Crippen molar-refractivity contribution in [3.63, 3.8) is 0 Å². The van der Waals surface area contributed by atoms with Crippen LogP contribution in [0.1, 0.15) is 12.8 Å². The van der Waals surface area contributed by atoms with E-state index in [2.05, 4.69) is 4.72 Å². The van der Waals surface area contributed by atoms with E-state index >= 15 is 0 Å². The van der Waals surface area contributed by atoms with Crippen molar-refractivity contribution in [2.24, 2.45) is 0 Å². The smallest absolute Gasteiger partial charge is 0.232 e. The van der Waals surface area contributed by atoms with E-state index in [1.165, 1.54) is 0 Å². The third-order valence-corrected chi connectivity index (χ3v) is 4.25. The molecular formula is C12H16ClNO4S. The molecule has 1 aliphatic rings. The van der Waals surface area contributed by atoms with Crippen LogP contribution in [0.3, 0.4) is 0 Å². The Morgan fingerprint density at radius 3 is 2.63 bits per heavy atom. The lowest BCUT2D eigenvalue weighted by Gasteiger charge is -2.19. The van der Waals surface area contributed by atoms with Gasteiger partial charge in [-0.15, -0.1) is 11.6 Å². The van der Waals surface area contributed by atoms with E-state index in [0.29, 0.717) is 49.1 Å². The standard InChI is InChI=1S/C12H16ClNO4S/c13-5-1-2-8-19(15,16)14-10-3-4-11-12(9-10)18-7-6-17-11/h3-4,9,14H,1-2,5-8H2. The van der Waals surface area contributed by atoms with Crippen LogP contribution in [0.4, 0.5) is 5.69 Å². The van der Waals surface area contributed by atoms with Crippen LogP contribution in [-0.4, -0.2) is 33.3 Å². The third kappa shape index (κ3) is 4.18. The summed E-state index contributed by atoms with van der Waals surface area (Å²) in [5, 5.41) is 0. The van der Waals surface area contributed by atoms with E-state index in [0.717, 1.165) is 0 Å². The quantitative estimate of drug-likeness (QED) is 0.646. The number of fused-ring (bicyclic) bond motifs is 1. The zero-order valence-corrected chi connectivity index (χ0v) is 12.0. The van der Waals surface area contributed by atoms with Crippen LogP contribution in [0.5, 0.6) is 11.5 Å². The minimum Gasteiger partial charge on any atom is -0.486 e. The minimum atomic E-state index is -3.34. The van der Waals surface area contributed by atoms with Crippen molar-refractivity contribution in [3.8, 4) is 11.5 Å². The maximum absolute atomic E-state index is 11.8. The summed E-state index contributed by atoms with van der Waals surface area (Å²) in [4.78, 5) is 0. The van der Waals surface area contributed by atoms with Gasteiger partial charge in [-0.25, -0.2) is 8.42 Å². The van der Waals surface area contributed by atoms with Crippen LogP contribution in [0.2, 0.25) is 0 Å². The van der Waals surface area contributed by atoms with Gasteiger partial charge >= 0.3 is 0 Å². The van der Waals surface area contributed by atoms with Gasteiger partial charge in [-0.1, -0.05) is 0 Å². The zero-order valence-electron chi connectivity index (χ0n) is 10.4. The van der Waals surface area contributed by atoms with Gasteiger partial charge in [0.05, 0.1) is 11.4 Å². The Morgan fingerprint density at radius 1 is 1.16 bits per heavy atom. The Hall–Kier alpha value is -1.14. The molecule has 0 spiro atoms. The number of benzene rings is 1. The molecule has 5 nitrogen and oxygen atoms in total. The number of sulfonamides is 1. The number of hydrogen-bond donors (Lipinski definition) is 1. The summed E-state index contributed by atoms with van der Waals surface area (Å²) in [7, 11) is -3.34. The predicted octanol–water partition coefficient (Wildman–Crippen LogP) is 2.22. The van der Waals surface area contributed by atoms with Gasteiger partial charge in [-0.05, 0) is 25.0 Å². The van der Waals surface area contributed by atoms with Crippen LogP contribution in [0, 0.1) is 0 Å². The molecule has 2 rings (SSSR count). The van der Waals surface area contributed by atoms with Crippen molar-refractivity contribution in [1.82, 2.24) is 0 Å². The van der Waals surface area contributed by atoms with E-state index in [-0.39, 0.29) is 5.75 Å². The number of unbranched alkanes of at least 4 members (excludes halogenated alkanes) is 1. The molecule has 19 heavy (non-hydrogen) atoms. The second-order valence-electron chi connectivity index (χ2n) is 4.18. The first-order chi connectivity index (χ1) is 9.11. The fourth-order valence-corrected chi connectivity index (χ4v) is 3.09. The third-order valence-electron chi connectivity index (χ3n) is 2.61. The van der Waals surface area contributed by atoms with Gasteiger partial charge in [-0.3, -0.25) is 4.72 Å². The second kappa shape index (κ2) is 6.34. The van der Waals surface area contributed by atoms with Gasteiger partial charge in [0.2, 0.25) is 10.0 Å². The zero-order chi connectivity index (χ0) is 13.7. The van der Waals surface area contributed by atoms with Crippen molar-refractivity contribution < 1.29 is 17.9 Å². The Labute approximate surface area is 117 Å². The fraction of sp³-hybridized carbons (Fsp3) is 0.500. The number of halogens is 1. The first-order valence-electron chi connectivity index (χ1n) is 6.07. The summed E-state index contributed by atoms with van der Waals surface area (Å²) < 4.78 is 36.9. The first kappa shape index (κ1) is 14.3. The highest BCUT2D eigenvalue weighted by atomic mass is 35.5. The van der Waals surface area contributed by atoms with Crippen molar-refractivity contribution in [2.45, 2.75) is 12.8 Å². The number of alkyl halides is 1. The molecule has 0 aliphatic carbocycles. The lowest BCUT2D eigenvalue weighted by molar-refractivity contribution is 0.171. The monoisotopic (exact) mass is 305 g/mol. The molecule has 0 amide bonds. The second-order valence-corrected chi connectivity index (χ2v) is 6.40. The first-order valence-corrected chi connectivity index (χ1v) is 8.25. The van der Waals surface area contributed by atoms with Gasteiger partial charge in [-0.2, -0.15) is 0 Å². The summed E-state index contributed by atoms with van der Waals surface area (Å²) in [6.07, 6.45) is 1.23. The lowest BCUT2D eigenvalue weighted by atomic mass is 10.3. The Bertz CT molecular complexity index is 533. The maximum atomic E-state index is 11.8. The molecule has 1 aromatic rings. The Kier molecular flexibility index (Phi) is 4.76. The van der Waals surface area contributed by atoms with Crippen molar-refractivity contribution in [1.29, 1.82) is 0 Å². The van der Waals surface area contributed by atoms with Crippen LogP contribution in [0.25, 0.3) is 0 Å². The number of rotatable bonds is 6. The molecule has 0 atom stereocenters. The van der Waals surface area contributed by atoms with Gasteiger partial charge in [0, 0.05) is 11.9 Å². The van der Waals surface area contributed by atoms with Crippen LogP contribution < -0.4 is 14.2 Å². The highest BCUT2D eigenvalue weighted by Crippen LogP contribution is 2.32. The molecule has 0 saturated heterocycles. The average molecular weight is 306 g/mol. The van der Waals surface area contributed by atoms with Gasteiger partial charge in [0.1, 0.15) is 13.2 Å². The molecule has 7 heteroatoms. The topological polar surface area (TPSA) is 64.6 Å². The molecule has 1 N–H and O–H groups in total. The van der Waals surface area contributed by atoms with Crippen LogP contribution in [0.15, 0.2) is 18.2 Å². The van der Waals surface area contributed by atoms with Gasteiger partial charge in [0.25, 0.3) is 0 Å². The summed E-state index contributed by atoms with van der Waals surface area (Å²) in [5.41, 5.74) is 0.482. The van der Waals surface area contributed by atoms with Gasteiger partial charge < -0.3 is 9.47 Å². The van der Waals surface area contributed by atoms with Crippen LogP contribution in [-0.2, 0) is 10.0 Å². The summed E-state index contributed by atoms with van der Waals surface area (Å²) in [6, 6.07) is 4.99. The molecule has 1 heterocycles. The summed E-state index contributed by atoms with van der Waals surface area (Å²) >= 11 is 5.52. The molecule has 0 fully saturated rings.